The number of carbonyl (C=O) groups is 1. The predicted octanol–water partition coefficient (Wildman–Crippen LogP) is 3.33. The molecule has 152 valence electrons. The van der Waals surface area contributed by atoms with Crippen LogP contribution in [0, 0.1) is 5.92 Å². The molecule has 8 nitrogen and oxygen atoms in total. The Morgan fingerprint density at radius 1 is 1.29 bits per heavy atom. The Morgan fingerprint density at radius 2 is 2.00 bits per heavy atom. The lowest BCUT2D eigenvalue weighted by molar-refractivity contribution is 0.186. The predicted molar refractivity (Wildman–Crippen MR) is 104 cm³/mol. The molecule has 0 aromatic carbocycles. The van der Waals surface area contributed by atoms with Crippen molar-refractivity contribution in [3.63, 3.8) is 0 Å². The van der Waals surface area contributed by atoms with E-state index >= 15 is 0 Å². The second-order valence-electron chi connectivity index (χ2n) is 7.20. The highest BCUT2D eigenvalue weighted by Crippen LogP contribution is 2.25. The number of nitrogens with one attached hydrogen (secondary N) is 1. The Bertz CT molecular complexity index is 814. The molecule has 0 unspecified atom stereocenters. The van der Waals surface area contributed by atoms with Gasteiger partial charge in [-0.2, -0.15) is 0 Å². The summed E-state index contributed by atoms with van der Waals surface area (Å²) >= 11 is 0. The molecule has 28 heavy (non-hydrogen) atoms. The molecule has 3 N–H and O–H groups in total. The van der Waals surface area contributed by atoms with Gasteiger partial charge in [-0.15, -0.1) is 0 Å². The molecule has 1 amide bonds. The average Bonchev–Trinajstić information content (AvgIpc) is 2.65. The summed E-state index contributed by atoms with van der Waals surface area (Å²) in [4.78, 5) is 23.7. The van der Waals surface area contributed by atoms with E-state index in [1.54, 1.807) is 18.2 Å². The van der Waals surface area contributed by atoms with Crippen molar-refractivity contribution in [2.75, 3.05) is 19.0 Å². The summed E-state index contributed by atoms with van der Waals surface area (Å²) in [6.07, 6.45) is 1.55. The van der Waals surface area contributed by atoms with Crippen LogP contribution in [0.5, 0.6) is 5.75 Å². The number of anilines is 1. The van der Waals surface area contributed by atoms with Gasteiger partial charge >= 0.3 is 6.09 Å². The highest BCUT2D eigenvalue weighted by molar-refractivity contribution is 5.82. The van der Waals surface area contributed by atoms with Crippen LogP contribution >= 0.6 is 0 Å². The summed E-state index contributed by atoms with van der Waals surface area (Å²) in [5, 5.41) is 2.37. The van der Waals surface area contributed by atoms with E-state index in [1.165, 1.54) is 13.3 Å². The van der Waals surface area contributed by atoms with Gasteiger partial charge in [0, 0.05) is 11.7 Å². The fraction of sp³-hybridized carbons (Fsp3) is 0.474. The molecule has 9 heteroatoms. The van der Waals surface area contributed by atoms with Crippen molar-refractivity contribution in [1.29, 1.82) is 0 Å². The number of nitrogens with two attached hydrogens (primary N) is 1. The minimum atomic E-state index is -0.799. The quantitative estimate of drug-likeness (QED) is 0.710. The summed E-state index contributed by atoms with van der Waals surface area (Å²) in [5.74, 6) is 0.819. The molecule has 2 aromatic heterocycles. The highest BCUT2D eigenvalue weighted by Gasteiger charge is 2.22. The maximum atomic E-state index is 13.5. The third kappa shape index (κ3) is 6.12. The molecule has 0 saturated heterocycles. The van der Waals surface area contributed by atoms with Crippen molar-refractivity contribution in [3.8, 4) is 17.1 Å². The van der Waals surface area contributed by atoms with Gasteiger partial charge in [0.1, 0.15) is 24.7 Å². The van der Waals surface area contributed by atoms with Gasteiger partial charge in [0.2, 0.25) is 5.95 Å². The average molecular weight is 391 g/mol. The normalized spacial score (nSPS) is 13.1. The summed E-state index contributed by atoms with van der Waals surface area (Å²) in [5.41, 5.74) is 6.72. The molecule has 0 bridgehead atoms. The van der Waals surface area contributed by atoms with Crippen LogP contribution in [0.4, 0.5) is 15.1 Å². The molecule has 1 atom stereocenters. The molecule has 0 spiro atoms. The molecular weight excluding hydrogens is 365 g/mol. The third-order valence-electron chi connectivity index (χ3n) is 3.81. The first-order valence-electron chi connectivity index (χ1n) is 8.90. The highest BCUT2D eigenvalue weighted by atomic mass is 19.1. The number of amides is 1. The zero-order valence-electron chi connectivity index (χ0n) is 16.5. The molecule has 0 saturated carbocycles. The number of carbonyl (C=O) groups excluding carboxylic acids is 1. The van der Waals surface area contributed by atoms with Crippen LogP contribution in [0.2, 0.25) is 0 Å². The summed E-state index contributed by atoms with van der Waals surface area (Å²) in [6, 6.07) is 4.90. The number of alkyl halides is 1. The van der Waals surface area contributed by atoms with Gasteiger partial charge in [0.25, 0.3) is 0 Å². The Morgan fingerprint density at radius 3 is 2.64 bits per heavy atom. The second-order valence-corrected chi connectivity index (χ2v) is 7.20. The molecule has 2 aromatic rings. The Kier molecular flexibility index (Phi) is 7.22. The van der Waals surface area contributed by atoms with Gasteiger partial charge in [0.05, 0.1) is 18.5 Å². The first-order chi connectivity index (χ1) is 13.2. The zero-order chi connectivity index (χ0) is 20.7. The first-order valence-corrected chi connectivity index (χ1v) is 8.90. The van der Waals surface area contributed by atoms with Gasteiger partial charge in [-0.25, -0.2) is 24.1 Å². The minimum Gasteiger partial charge on any atom is -0.490 e. The largest absolute Gasteiger partial charge is 0.490 e. The first kappa shape index (κ1) is 21.5. The van der Waals surface area contributed by atoms with Crippen molar-refractivity contribution in [2.24, 2.45) is 11.7 Å². The lowest BCUT2D eigenvalue weighted by atomic mass is 9.93. The van der Waals surface area contributed by atoms with Crippen LogP contribution in [-0.4, -0.2) is 40.3 Å². The van der Waals surface area contributed by atoms with Gasteiger partial charge in [-0.3, -0.25) is 5.32 Å². The number of rotatable bonds is 8. The number of aromatic nitrogens is 3. The molecule has 0 aliphatic rings. The van der Waals surface area contributed by atoms with Crippen LogP contribution in [0.15, 0.2) is 24.4 Å². The van der Waals surface area contributed by atoms with Gasteiger partial charge in [-0.05, 0) is 37.5 Å². The zero-order valence-corrected chi connectivity index (χ0v) is 16.5. The van der Waals surface area contributed by atoms with E-state index in [9.17, 15) is 9.18 Å². The van der Waals surface area contributed by atoms with Crippen LogP contribution in [-0.2, 0) is 11.4 Å². The number of hydrogen-bond acceptors (Lipinski definition) is 7. The fourth-order valence-corrected chi connectivity index (χ4v) is 2.80. The lowest BCUT2D eigenvalue weighted by Gasteiger charge is -2.27. The molecule has 2 heterocycles. The Labute approximate surface area is 163 Å². The maximum absolute atomic E-state index is 13.5. The number of methoxy groups -OCH3 is 1. The number of pyridine rings is 1. The summed E-state index contributed by atoms with van der Waals surface area (Å²) in [6.45, 7) is 5.52. The topological polar surface area (TPSA) is 112 Å². The third-order valence-corrected chi connectivity index (χ3v) is 3.81. The van der Waals surface area contributed by atoms with Gasteiger partial charge in [-0.1, -0.05) is 13.8 Å². The van der Waals surface area contributed by atoms with Crippen LogP contribution in [0.25, 0.3) is 11.4 Å². The smallest absolute Gasteiger partial charge is 0.413 e. The van der Waals surface area contributed by atoms with Crippen molar-refractivity contribution in [1.82, 2.24) is 15.0 Å². The maximum Gasteiger partial charge on any atom is 0.413 e. The van der Waals surface area contributed by atoms with Gasteiger partial charge in [0.15, 0.2) is 0 Å². The van der Waals surface area contributed by atoms with E-state index in [0.717, 1.165) is 6.42 Å². The van der Waals surface area contributed by atoms with Crippen LogP contribution in [0.3, 0.4) is 0 Å². The molecule has 0 aliphatic carbocycles. The number of nitrogens with zero attached hydrogens (tertiary/aromatic N) is 3. The molecule has 0 radical (unpaired) electrons. The number of hydrogen-bond donors (Lipinski definition) is 2. The van der Waals surface area contributed by atoms with Crippen molar-refractivity contribution in [2.45, 2.75) is 39.4 Å². The molecule has 0 aliphatic heterocycles. The van der Waals surface area contributed by atoms with E-state index in [2.05, 4.69) is 38.9 Å². The van der Waals surface area contributed by atoms with Crippen molar-refractivity contribution >= 4 is 12.0 Å². The minimum absolute atomic E-state index is 0.0564. The van der Waals surface area contributed by atoms with Gasteiger partial charge < -0.3 is 15.2 Å². The number of halogens is 1. The SMILES string of the molecule is COC(=O)Nc1nccc(-c2ccc(OC[C@@](C)(N)CC(C)C)c(CF)n2)n1. The fourth-order valence-electron chi connectivity index (χ4n) is 2.80. The lowest BCUT2D eigenvalue weighted by Crippen LogP contribution is -2.43. The standard InChI is InChI=1S/C19H26FN5O3/c1-12(2)9-19(3,21)11-28-16-6-5-13(23-15(16)10-20)14-7-8-22-17(24-14)25-18(26)27-4/h5-8,12H,9-11,21H2,1-4H3,(H,22,24,25,26)/t19-/m0/s1. The Balaban J connectivity index is 2.19. The van der Waals surface area contributed by atoms with E-state index < -0.39 is 18.3 Å². The molecular formula is C19H26FN5O3. The second kappa shape index (κ2) is 9.41. The van der Waals surface area contributed by atoms with E-state index in [-0.39, 0.29) is 18.2 Å². The summed E-state index contributed by atoms with van der Waals surface area (Å²) in [7, 11) is 1.24. The van der Waals surface area contributed by atoms with E-state index in [1.807, 2.05) is 6.92 Å². The van der Waals surface area contributed by atoms with E-state index in [0.29, 0.717) is 23.1 Å². The van der Waals surface area contributed by atoms with Crippen LogP contribution in [0.1, 0.15) is 32.9 Å². The van der Waals surface area contributed by atoms with E-state index in [4.69, 9.17) is 10.5 Å². The summed E-state index contributed by atoms with van der Waals surface area (Å²) < 4.78 is 23.8. The molecule has 0 fully saturated rings. The molecule has 2 rings (SSSR count). The monoisotopic (exact) mass is 391 g/mol. The van der Waals surface area contributed by atoms with Crippen LogP contribution < -0.4 is 15.8 Å². The van der Waals surface area contributed by atoms with Crippen molar-refractivity contribution in [3.05, 3.63) is 30.1 Å². The number of ether oxygens (including phenoxy) is 2. The van der Waals surface area contributed by atoms with Crippen molar-refractivity contribution < 1.29 is 18.7 Å². The Hall–Kier alpha value is -2.81.